The molecule has 0 amide bonds. The van der Waals surface area contributed by atoms with Crippen LogP contribution in [0.5, 0.6) is 0 Å². The molecule has 1 aromatic carbocycles. The van der Waals surface area contributed by atoms with Crippen LogP contribution in [-0.4, -0.2) is 25.5 Å². The number of nitrogens with one attached hydrogen (secondary N) is 2. The Labute approximate surface area is 95.3 Å². The van der Waals surface area contributed by atoms with E-state index in [0.29, 0.717) is 0 Å². The Morgan fingerprint density at radius 1 is 0.938 bits per heavy atom. The molecule has 0 radical (unpaired) electrons. The Hall–Kier alpha value is -1.77. The van der Waals surface area contributed by atoms with Crippen LogP contribution in [0.25, 0.3) is 5.70 Å². The fraction of sp³-hybridized carbons (Fsp3) is 0.308. The molecule has 0 unspecified atom stereocenters. The van der Waals surface area contributed by atoms with Crippen molar-refractivity contribution in [3.8, 4) is 0 Å². The Morgan fingerprint density at radius 3 is 2.38 bits per heavy atom. The Kier molecular flexibility index (Phi) is 2.37. The second kappa shape index (κ2) is 4.00. The summed E-state index contributed by atoms with van der Waals surface area (Å²) in [5, 5.41) is 6.66. The number of benzene rings is 1. The van der Waals surface area contributed by atoms with Crippen LogP contribution in [-0.2, 0) is 0 Å². The summed E-state index contributed by atoms with van der Waals surface area (Å²) in [6.45, 7) is 2.92. The Morgan fingerprint density at radius 2 is 1.75 bits per heavy atom. The van der Waals surface area contributed by atoms with Crippen LogP contribution < -0.4 is 10.6 Å². The lowest BCUT2D eigenvalue weighted by Gasteiger charge is -2.06. The lowest BCUT2D eigenvalue weighted by Crippen LogP contribution is -2.19. The second-order valence-electron chi connectivity index (χ2n) is 4.07. The van der Waals surface area contributed by atoms with Gasteiger partial charge in [-0.05, 0) is 12.0 Å². The average Bonchev–Trinajstić information content (AvgIpc) is 3.03. The van der Waals surface area contributed by atoms with E-state index < -0.39 is 0 Å². The van der Waals surface area contributed by atoms with Crippen molar-refractivity contribution >= 4 is 11.5 Å². The van der Waals surface area contributed by atoms with Gasteiger partial charge in [0.25, 0.3) is 0 Å². The minimum atomic E-state index is 0.893. The summed E-state index contributed by atoms with van der Waals surface area (Å²) < 4.78 is 0. The van der Waals surface area contributed by atoms with E-state index in [1.54, 1.807) is 0 Å². The van der Waals surface area contributed by atoms with Crippen LogP contribution >= 0.6 is 0 Å². The maximum atomic E-state index is 4.41. The number of hydrogen-bond donors (Lipinski definition) is 2. The van der Waals surface area contributed by atoms with E-state index in [4.69, 9.17) is 0 Å². The molecule has 0 atom stereocenters. The molecule has 2 aliphatic rings. The molecule has 16 heavy (non-hydrogen) atoms. The molecule has 3 rings (SSSR count). The number of rotatable bonds is 2. The molecule has 2 heterocycles. The van der Waals surface area contributed by atoms with Crippen molar-refractivity contribution in [2.75, 3.05) is 19.6 Å². The van der Waals surface area contributed by atoms with Crippen LogP contribution in [0.2, 0.25) is 0 Å². The van der Waals surface area contributed by atoms with Gasteiger partial charge in [0.15, 0.2) is 0 Å². The van der Waals surface area contributed by atoms with E-state index in [0.717, 1.165) is 31.9 Å². The number of hydrogen-bond acceptors (Lipinski definition) is 3. The fourth-order valence-electron chi connectivity index (χ4n) is 2.11. The van der Waals surface area contributed by atoms with Gasteiger partial charge in [0.1, 0.15) is 5.84 Å². The smallest absolute Gasteiger partial charge is 0.128 e. The summed E-state index contributed by atoms with van der Waals surface area (Å²) in [6.07, 6.45) is 3.38. The van der Waals surface area contributed by atoms with Crippen molar-refractivity contribution < 1.29 is 0 Å². The largest absolute Gasteiger partial charge is 0.385 e. The summed E-state index contributed by atoms with van der Waals surface area (Å²) in [5.41, 5.74) is 3.70. The van der Waals surface area contributed by atoms with Crippen molar-refractivity contribution in [3.05, 3.63) is 41.5 Å². The molecule has 0 spiro atoms. The normalized spacial score (nSPS) is 18.8. The van der Waals surface area contributed by atoms with Crippen LogP contribution in [0.3, 0.4) is 0 Å². The third-order valence-corrected chi connectivity index (χ3v) is 2.95. The number of aliphatic imine (C=N–C) groups is 1. The lowest BCUT2D eigenvalue weighted by atomic mass is 10.1. The van der Waals surface area contributed by atoms with Crippen LogP contribution in [0, 0.1) is 0 Å². The third-order valence-electron chi connectivity index (χ3n) is 2.95. The molecule has 0 saturated carbocycles. The van der Waals surface area contributed by atoms with Gasteiger partial charge in [-0.3, -0.25) is 4.99 Å². The molecule has 2 N–H and O–H groups in total. The molecule has 0 aliphatic carbocycles. The van der Waals surface area contributed by atoms with E-state index >= 15 is 0 Å². The molecular weight excluding hydrogens is 198 g/mol. The van der Waals surface area contributed by atoms with E-state index in [1.165, 1.54) is 16.8 Å². The average molecular weight is 213 g/mol. The molecule has 3 heteroatoms. The predicted octanol–water partition coefficient (Wildman–Crippen LogP) is 1.37. The van der Waals surface area contributed by atoms with Gasteiger partial charge in [-0.15, -0.1) is 0 Å². The summed E-state index contributed by atoms with van der Waals surface area (Å²) >= 11 is 0. The summed E-state index contributed by atoms with van der Waals surface area (Å²) in [7, 11) is 0. The summed E-state index contributed by atoms with van der Waals surface area (Å²) in [5.74, 6) is 1.03. The highest BCUT2D eigenvalue weighted by molar-refractivity contribution is 5.99. The fourth-order valence-corrected chi connectivity index (χ4v) is 2.11. The number of nitrogens with zero attached hydrogens (tertiary/aromatic N) is 1. The van der Waals surface area contributed by atoms with Gasteiger partial charge < -0.3 is 10.6 Å². The highest BCUT2D eigenvalue weighted by Gasteiger charge is 2.09. The first-order valence-electron chi connectivity index (χ1n) is 5.77. The third kappa shape index (κ3) is 1.69. The quantitative estimate of drug-likeness (QED) is 0.778. The van der Waals surface area contributed by atoms with Crippen molar-refractivity contribution in [2.45, 2.75) is 6.42 Å². The molecule has 3 nitrogen and oxygen atoms in total. The van der Waals surface area contributed by atoms with Gasteiger partial charge >= 0.3 is 0 Å². The first-order valence-corrected chi connectivity index (χ1v) is 5.77. The van der Waals surface area contributed by atoms with E-state index in [1.807, 2.05) is 0 Å². The minimum Gasteiger partial charge on any atom is -0.385 e. The van der Waals surface area contributed by atoms with E-state index in [2.05, 4.69) is 46.0 Å². The highest BCUT2D eigenvalue weighted by Crippen LogP contribution is 2.17. The van der Waals surface area contributed by atoms with Crippen LogP contribution in [0.4, 0.5) is 0 Å². The van der Waals surface area contributed by atoms with Crippen molar-refractivity contribution in [1.82, 2.24) is 10.6 Å². The van der Waals surface area contributed by atoms with Gasteiger partial charge in [0, 0.05) is 24.4 Å². The predicted molar refractivity (Wildman–Crippen MR) is 66.4 cm³/mol. The van der Waals surface area contributed by atoms with E-state index in [9.17, 15) is 0 Å². The zero-order chi connectivity index (χ0) is 10.8. The van der Waals surface area contributed by atoms with Gasteiger partial charge in [0.2, 0.25) is 0 Å². The second-order valence-corrected chi connectivity index (χ2v) is 4.07. The molecule has 1 aromatic rings. The molecule has 0 bridgehead atoms. The molecule has 2 aliphatic heterocycles. The van der Waals surface area contributed by atoms with E-state index in [-0.39, 0.29) is 0 Å². The first kappa shape index (κ1) is 9.46. The lowest BCUT2D eigenvalue weighted by molar-refractivity contribution is 0.928. The van der Waals surface area contributed by atoms with Crippen molar-refractivity contribution in [1.29, 1.82) is 0 Å². The Balaban J connectivity index is 1.84. The number of amidine groups is 1. The minimum absolute atomic E-state index is 0.893. The maximum absolute atomic E-state index is 4.41. The SMILES string of the molecule is C1=C(c2ccc(C3=NCCN3)cc2)NCC1. The molecule has 82 valence electrons. The molecule has 0 saturated heterocycles. The van der Waals surface area contributed by atoms with Crippen LogP contribution in [0.15, 0.2) is 35.3 Å². The topological polar surface area (TPSA) is 36.4 Å². The maximum Gasteiger partial charge on any atom is 0.128 e. The monoisotopic (exact) mass is 213 g/mol. The standard InChI is InChI=1S/C13H15N3/c1-2-12(14-7-1)10-3-5-11(6-4-10)13-15-8-9-16-13/h2-6,14H,1,7-9H2,(H,15,16). The summed E-state index contributed by atoms with van der Waals surface area (Å²) in [4.78, 5) is 4.41. The zero-order valence-corrected chi connectivity index (χ0v) is 9.16. The zero-order valence-electron chi connectivity index (χ0n) is 9.16. The van der Waals surface area contributed by atoms with Crippen LogP contribution in [0.1, 0.15) is 17.5 Å². The molecular formula is C13H15N3. The first-order chi connectivity index (χ1) is 7.93. The molecule has 0 fully saturated rings. The highest BCUT2D eigenvalue weighted by atomic mass is 15.1. The summed E-state index contributed by atoms with van der Waals surface area (Å²) in [6, 6.07) is 8.57. The van der Waals surface area contributed by atoms with Gasteiger partial charge in [-0.2, -0.15) is 0 Å². The van der Waals surface area contributed by atoms with Gasteiger partial charge in [0.05, 0.1) is 6.54 Å². The molecule has 0 aromatic heterocycles. The van der Waals surface area contributed by atoms with Gasteiger partial charge in [-0.25, -0.2) is 0 Å². The van der Waals surface area contributed by atoms with Crippen molar-refractivity contribution in [2.24, 2.45) is 4.99 Å². The Bertz CT molecular complexity index is 400. The van der Waals surface area contributed by atoms with Crippen molar-refractivity contribution in [3.63, 3.8) is 0 Å². The van der Waals surface area contributed by atoms with Gasteiger partial charge in [-0.1, -0.05) is 30.3 Å².